The van der Waals surface area contributed by atoms with Gasteiger partial charge >= 0.3 is 0 Å². The fourth-order valence-electron chi connectivity index (χ4n) is 3.09. The van der Waals surface area contributed by atoms with Crippen molar-refractivity contribution in [1.29, 1.82) is 0 Å². The number of aromatic nitrogens is 2. The van der Waals surface area contributed by atoms with Crippen LogP contribution in [0.5, 0.6) is 5.75 Å². The number of hydrogen-bond acceptors (Lipinski definition) is 3. The Bertz CT molecular complexity index is 1200. The van der Waals surface area contributed by atoms with E-state index in [1.165, 1.54) is 5.56 Å². The third-order valence-electron chi connectivity index (χ3n) is 4.63. The summed E-state index contributed by atoms with van der Waals surface area (Å²) in [6, 6.07) is 23.0. The molecule has 0 atom stereocenters. The molecular weight excluding hydrogens is 348 g/mol. The molecule has 28 heavy (non-hydrogen) atoms. The Balaban J connectivity index is 1.89. The van der Waals surface area contributed by atoms with Crippen LogP contribution in [0.3, 0.4) is 0 Å². The molecule has 4 nitrogen and oxygen atoms in total. The summed E-state index contributed by atoms with van der Waals surface area (Å²) in [6.07, 6.45) is 3.85. The van der Waals surface area contributed by atoms with Crippen molar-refractivity contribution in [2.45, 2.75) is 6.92 Å². The predicted molar refractivity (Wildman–Crippen MR) is 114 cm³/mol. The Hall–Kier alpha value is -3.66. The zero-order chi connectivity index (χ0) is 19.5. The third kappa shape index (κ3) is 3.45. The van der Waals surface area contributed by atoms with Crippen molar-refractivity contribution >= 4 is 23.1 Å². The third-order valence-corrected chi connectivity index (χ3v) is 4.63. The number of benzene rings is 3. The highest BCUT2D eigenvalue weighted by Crippen LogP contribution is 2.18. The summed E-state index contributed by atoms with van der Waals surface area (Å²) in [4.78, 5) is 18.0. The smallest absolute Gasteiger partial charge is 0.266 e. The van der Waals surface area contributed by atoms with Crippen molar-refractivity contribution in [3.8, 4) is 11.4 Å². The summed E-state index contributed by atoms with van der Waals surface area (Å²) in [6.45, 7) is 2.06. The minimum Gasteiger partial charge on any atom is -0.497 e. The average molecular weight is 368 g/mol. The fraction of sp³-hybridized carbons (Fsp3) is 0.0833. The summed E-state index contributed by atoms with van der Waals surface area (Å²) in [7, 11) is 1.62. The number of aryl methyl sites for hydroxylation is 1. The van der Waals surface area contributed by atoms with Gasteiger partial charge in [0.1, 0.15) is 11.6 Å². The first kappa shape index (κ1) is 17.7. The second kappa shape index (κ2) is 7.53. The Morgan fingerprint density at radius 1 is 0.893 bits per heavy atom. The largest absolute Gasteiger partial charge is 0.497 e. The van der Waals surface area contributed by atoms with E-state index < -0.39 is 0 Å². The molecular formula is C24H20N2O2. The average Bonchev–Trinajstić information content (AvgIpc) is 2.74. The molecule has 0 saturated carbocycles. The molecule has 0 N–H and O–H groups in total. The van der Waals surface area contributed by atoms with Crippen LogP contribution in [0.2, 0.25) is 0 Å². The van der Waals surface area contributed by atoms with E-state index in [9.17, 15) is 4.79 Å². The van der Waals surface area contributed by atoms with Crippen molar-refractivity contribution in [2.24, 2.45) is 0 Å². The van der Waals surface area contributed by atoms with Gasteiger partial charge < -0.3 is 4.74 Å². The highest BCUT2D eigenvalue weighted by Gasteiger charge is 2.11. The molecule has 4 aromatic rings. The van der Waals surface area contributed by atoms with Crippen LogP contribution in [0.25, 0.3) is 28.7 Å². The lowest BCUT2D eigenvalue weighted by Crippen LogP contribution is -2.22. The number of hydrogen-bond donors (Lipinski definition) is 0. The Morgan fingerprint density at radius 3 is 2.32 bits per heavy atom. The first-order chi connectivity index (χ1) is 13.7. The lowest BCUT2D eigenvalue weighted by molar-refractivity contribution is 0.414. The van der Waals surface area contributed by atoms with Gasteiger partial charge in [0.05, 0.1) is 23.7 Å². The Labute approximate surface area is 163 Å². The molecule has 0 bridgehead atoms. The van der Waals surface area contributed by atoms with Crippen molar-refractivity contribution in [2.75, 3.05) is 7.11 Å². The zero-order valence-corrected chi connectivity index (χ0v) is 15.8. The number of rotatable bonds is 4. The van der Waals surface area contributed by atoms with E-state index >= 15 is 0 Å². The maximum atomic E-state index is 13.2. The Kier molecular flexibility index (Phi) is 4.77. The number of para-hydroxylation sites is 1. The van der Waals surface area contributed by atoms with Gasteiger partial charge in [0.25, 0.3) is 5.56 Å². The van der Waals surface area contributed by atoms with Gasteiger partial charge in [-0.1, -0.05) is 48.0 Å². The molecule has 0 unspecified atom stereocenters. The number of nitrogens with zero attached hydrogens (tertiary/aromatic N) is 2. The van der Waals surface area contributed by atoms with Crippen molar-refractivity contribution in [3.63, 3.8) is 0 Å². The van der Waals surface area contributed by atoms with Gasteiger partial charge in [0.15, 0.2) is 0 Å². The quantitative estimate of drug-likeness (QED) is 0.516. The van der Waals surface area contributed by atoms with Crippen LogP contribution in [-0.4, -0.2) is 16.7 Å². The van der Waals surface area contributed by atoms with Gasteiger partial charge in [0, 0.05) is 0 Å². The van der Waals surface area contributed by atoms with Gasteiger partial charge in [-0.15, -0.1) is 0 Å². The molecule has 0 saturated heterocycles. The van der Waals surface area contributed by atoms with Crippen LogP contribution in [0.1, 0.15) is 17.0 Å². The molecule has 1 aromatic heterocycles. The molecule has 3 aromatic carbocycles. The van der Waals surface area contributed by atoms with E-state index in [-0.39, 0.29) is 5.56 Å². The first-order valence-corrected chi connectivity index (χ1v) is 9.07. The van der Waals surface area contributed by atoms with Gasteiger partial charge in [-0.2, -0.15) is 0 Å². The normalized spacial score (nSPS) is 11.2. The van der Waals surface area contributed by atoms with E-state index in [2.05, 4.69) is 19.1 Å². The molecule has 0 radical (unpaired) electrons. The number of methoxy groups -OCH3 is 1. The first-order valence-electron chi connectivity index (χ1n) is 9.07. The Morgan fingerprint density at radius 2 is 1.61 bits per heavy atom. The van der Waals surface area contributed by atoms with E-state index in [4.69, 9.17) is 9.72 Å². The highest BCUT2D eigenvalue weighted by molar-refractivity contribution is 5.80. The van der Waals surface area contributed by atoms with E-state index in [0.29, 0.717) is 16.7 Å². The SMILES string of the molecule is COc1ccc(-n2c(C=Cc3ccc(C)cc3)nc3ccccc3c2=O)cc1. The van der Waals surface area contributed by atoms with Crippen LogP contribution in [0.15, 0.2) is 77.6 Å². The summed E-state index contributed by atoms with van der Waals surface area (Å²) in [5.74, 6) is 1.32. The second-order valence-electron chi connectivity index (χ2n) is 6.57. The predicted octanol–water partition coefficient (Wildman–Crippen LogP) is 4.87. The summed E-state index contributed by atoms with van der Waals surface area (Å²) >= 11 is 0. The molecule has 0 spiro atoms. The van der Waals surface area contributed by atoms with Crippen LogP contribution in [0.4, 0.5) is 0 Å². The molecule has 4 heteroatoms. The van der Waals surface area contributed by atoms with E-state index in [0.717, 1.165) is 17.0 Å². The lowest BCUT2D eigenvalue weighted by Gasteiger charge is -2.12. The van der Waals surface area contributed by atoms with Gasteiger partial charge in [-0.05, 0) is 55.0 Å². The van der Waals surface area contributed by atoms with Crippen LogP contribution < -0.4 is 10.3 Å². The maximum Gasteiger partial charge on any atom is 0.266 e. The standard InChI is InChI=1S/C24H20N2O2/c1-17-7-9-18(10-8-17)11-16-23-25-22-6-4-3-5-21(22)24(27)26(23)19-12-14-20(28-2)15-13-19/h3-16H,1-2H3. The van der Waals surface area contributed by atoms with Crippen molar-refractivity contribution in [1.82, 2.24) is 9.55 Å². The van der Waals surface area contributed by atoms with Crippen LogP contribution in [0, 0.1) is 6.92 Å². The fourth-order valence-corrected chi connectivity index (χ4v) is 3.09. The number of ether oxygens (including phenoxy) is 1. The minimum atomic E-state index is -0.0978. The molecule has 0 aliphatic carbocycles. The maximum absolute atomic E-state index is 13.2. The molecule has 0 aliphatic rings. The lowest BCUT2D eigenvalue weighted by atomic mass is 10.1. The van der Waals surface area contributed by atoms with E-state index in [1.807, 2.05) is 66.7 Å². The minimum absolute atomic E-state index is 0.0978. The van der Waals surface area contributed by atoms with Gasteiger partial charge in [-0.25, -0.2) is 4.98 Å². The van der Waals surface area contributed by atoms with Crippen LogP contribution >= 0.6 is 0 Å². The molecule has 0 amide bonds. The van der Waals surface area contributed by atoms with Crippen LogP contribution in [-0.2, 0) is 0 Å². The summed E-state index contributed by atoms with van der Waals surface area (Å²) < 4.78 is 6.87. The van der Waals surface area contributed by atoms with Gasteiger partial charge in [0.2, 0.25) is 0 Å². The zero-order valence-electron chi connectivity index (χ0n) is 15.8. The summed E-state index contributed by atoms with van der Waals surface area (Å²) in [5.41, 5.74) is 3.58. The molecule has 138 valence electrons. The second-order valence-corrected chi connectivity index (χ2v) is 6.57. The van der Waals surface area contributed by atoms with Crippen molar-refractivity contribution in [3.05, 3.63) is 100 Å². The molecule has 1 heterocycles. The van der Waals surface area contributed by atoms with Gasteiger partial charge in [-0.3, -0.25) is 9.36 Å². The molecule has 0 fully saturated rings. The highest BCUT2D eigenvalue weighted by atomic mass is 16.5. The van der Waals surface area contributed by atoms with Crippen molar-refractivity contribution < 1.29 is 4.74 Å². The topological polar surface area (TPSA) is 44.1 Å². The molecule has 4 rings (SSSR count). The van der Waals surface area contributed by atoms with E-state index in [1.54, 1.807) is 17.7 Å². The molecule has 0 aliphatic heterocycles. The summed E-state index contributed by atoms with van der Waals surface area (Å²) in [5, 5.41) is 0.589. The number of fused-ring (bicyclic) bond motifs is 1. The monoisotopic (exact) mass is 368 g/mol.